The summed E-state index contributed by atoms with van der Waals surface area (Å²) >= 11 is 1.87. The minimum Gasteiger partial charge on any atom is -0.311 e. The quantitative estimate of drug-likeness (QED) is 0.772. The van der Waals surface area contributed by atoms with Crippen LogP contribution in [0.1, 0.15) is 69.5 Å². The molecule has 1 aliphatic carbocycles. The Morgan fingerprint density at radius 2 is 2.05 bits per heavy atom. The predicted octanol–water partition coefficient (Wildman–Crippen LogP) is 4.57. The third kappa shape index (κ3) is 4.28. The lowest BCUT2D eigenvalue weighted by Gasteiger charge is -2.29. The molecule has 0 unspecified atom stereocenters. The highest BCUT2D eigenvalue weighted by Crippen LogP contribution is 2.39. The van der Waals surface area contributed by atoms with Crippen LogP contribution in [0.5, 0.6) is 0 Å². The smallest absolute Gasteiger partial charge is 0.0959 e. The zero-order chi connectivity index (χ0) is 13.7. The molecular weight excluding hydrogens is 252 g/mol. The fourth-order valence-electron chi connectivity index (χ4n) is 3.02. The van der Waals surface area contributed by atoms with Crippen LogP contribution in [0.2, 0.25) is 0 Å². The van der Waals surface area contributed by atoms with E-state index < -0.39 is 0 Å². The highest BCUT2D eigenvalue weighted by Gasteiger charge is 2.25. The lowest BCUT2D eigenvalue weighted by molar-refractivity contribution is 0.258. The molecule has 0 aromatic carbocycles. The number of rotatable bonds is 6. The van der Waals surface area contributed by atoms with Crippen molar-refractivity contribution in [2.45, 2.75) is 65.3 Å². The molecule has 0 saturated heterocycles. The Kier molecular flexibility index (Phi) is 5.83. The molecule has 1 saturated carbocycles. The molecule has 0 radical (unpaired) electrons. The van der Waals surface area contributed by atoms with Crippen molar-refractivity contribution in [2.24, 2.45) is 11.8 Å². The molecule has 1 aromatic heterocycles. The maximum absolute atomic E-state index is 4.83. The maximum Gasteiger partial charge on any atom is 0.0959 e. The maximum atomic E-state index is 4.83. The number of hydrogen-bond donors (Lipinski definition) is 1. The van der Waals surface area contributed by atoms with Crippen LogP contribution in [0.3, 0.4) is 0 Å². The Labute approximate surface area is 122 Å². The monoisotopic (exact) mass is 280 g/mol. The fourth-order valence-corrected chi connectivity index (χ4v) is 4.01. The highest BCUT2D eigenvalue weighted by atomic mass is 32.1. The predicted molar refractivity (Wildman–Crippen MR) is 83.6 cm³/mol. The van der Waals surface area contributed by atoms with Crippen LogP contribution in [0.4, 0.5) is 0 Å². The van der Waals surface area contributed by atoms with E-state index in [1.807, 2.05) is 11.3 Å². The molecule has 19 heavy (non-hydrogen) atoms. The summed E-state index contributed by atoms with van der Waals surface area (Å²) in [5.41, 5.74) is 1.24. The Balaban J connectivity index is 1.82. The molecule has 1 fully saturated rings. The van der Waals surface area contributed by atoms with Gasteiger partial charge in [-0.3, -0.25) is 0 Å². The molecule has 0 atom stereocenters. The van der Waals surface area contributed by atoms with Crippen molar-refractivity contribution in [3.8, 4) is 0 Å². The summed E-state index contributed by atoms with van der Waals surface area (Å²) in [6.07, 6.45) is 6.67. The summed E-state index contributed by atoms with van der Waals surface area (Å²) in [7, 11) is 0. The van der Waals surface area contributed by atoms with Gasteiger partial charge in [-0.2, -0.15) is 0 Å². The van der Waals surface area contributed by atoms with Crippen LogP contribution in [-0.4, -0.2) is 11.5 Å². The van der Waals surface area contributed by atoms with Crippen molar-refractivity contribution in [3.05, 3.63) is 16.1 Å². The number of nitrogens with one attached hydrogen (secondary N) is 1. The first-order valence-corrected chi connectivity index (χ1v) is 8.73. The summed E-state index contributed by atoms with van der Waals surface area (Å²) in [6.45, 7) is 8.96. The standard InChI is InChI=1S/C16H28N2S/c1-4-9-17-10-15-11-19-16(18-15)14-7-5-13(6-8-14)12(2)3/h11-14,17H,4-10H2,1-3H3. The van der Waals surface area contributed by atoms with E-state index in [0.717, 1.165) is 30.8 Å². The van der Waals surface area contributed by atoms with E-state index in [2.05, 4.69) is 31.5 Å². The Morgan fingerprint density at radius 1 is 1.32 bits per heavy atom. The van der Waals surface area contributed by atoms with Crippen LogP contribution in [0, 0.1) is 11.8 Å². The summed E-state index contributed by atoms with van der Waals surface area (Å²) in [4.78, 5) is 4.83. The normalized spacial score (nSPS) is 24.0. The molecule has 108 valence electrons. The number of nitrogens with zero attached hydrogens (tertiary/aromatic N) is 1. The van der Waals surface area contributed by atoms with Gasteiger partial charge in [0.2, 0.25) is 0 Å². The fraction of sp³-hybridized carbons (Fsp3) is 0.812. The number of aromatic nitrogens is 1. The van der Waals surface area contributed by atoms with Gasteiger partial charge in [-0.25, -0.2) is 4.98 Å². The first kappa shape index (κ1) is 15.0. The number of hydrogen-bond acceptors (Lipinski definition) is 3. The largest absolute Gasteiger partial charge is 0.311 e. The van der Waals surface area contributed by atoms with Gasteiger partial charge < -0.3 is 5.32 Å². The van der Waals surface area contributed by atoms with Crippen LogP contribution < -0.4 is 5.32 Å². The van der Waals surface area contributed by atoms with E-state index >= 15 is 0 Å². The SMILES string of the molecule is CCCNCc1csc(C2CCC(C(C)C)CC2)n1. The molecule has 0 aliphatic heterocycles. The van der Waals surface area contributed by atoms with E-state index in [0.29, 0.717) is 0 Å². The van der Waals surface area contributed by atoms with Gasteiger partial charge in [0.05, 0.1) is 10.7 Å². The summed E-state index contributed by atoms with van der Waals surface area (Å²) in [5.74, 6) is 2.54. The minimum absolute atomic E-state index is 0.736. The Morgan fingerprint density at radius 3 is 2.68 bits per heavy atom. The van der Waals surface area contributed by atoms with Gasteiger partial charge in [0.1, 0.15) is 0 Å². The molecular formula is C16H28N2S. The molecule has 3 heteroatoms. The average Bonchev–Trinajstić information content (AvgIpc) is 2.88. The van der Waals surface area contributed by atoms with Gasteiger partial charge in [-0.1, -0.05) is 20.8 Å². The first-order chi connectivity index (χ1) is 9.20. The van der Waals surface area contributed by atoms with Crippen LogP contribution in [-0.2, 0) is 6.54 Å². The third-order valence-electron chi connectivity index (χ3n) is 4.37. The topological polar surface area (TPSA) is 24.9 Å². The highest BCUT2D eigenvalue weighted by molar-refractivity contribution is 7.09. The first-order valence-electron chi connectivity index (χ1n) is 7.85. The zero-order valence-corrected chi connectivity index (χ0v) is 13.4. The van der Waals surface area contributed by atoms with E-state index in [1.54, 1.807) is 0 Å². The van der Waals surface area contributed by atoms with Crippen molar-refractivity contribution >= 4 is 11.3 Å². The third-order valence-corrected chi connectivity index (χ3v) is 5.42. The summed E-state index contributed by atoms with van der Waals surface area (Å²) < 4.78 is 0. The van der Waals surface area contributed by atoms with Crippen LogP contribution >= 0.6 is 11.3 Å². The molecule has 0 spiro atoms. The van der Waals surface area contributed by atoms with Gasteiger partial charge in [-0.15, -0.1) is 11.3 Å². The van der Waals surface area contributed by atoms with Gasteiger partial charge in [0, 0.05) is 17.8 Å². The van der Waals surface area contributed by atoms with E-state index in [1.165, 1.54) is 42.8 Å². The second-order valence-electron chi connectivity index (χ2n) is 6.21. The Hall–Kier alpha value is -0.410. The molecule has 2 nitrogen and oxygen atoms in total. The van der Waals surface area contributed by atoms with Crippen molar-refractivity contribution in [3.63, 3.8) is 0 Å². The second kappa shape index (κ2) is 7.39. The molecule has 1 heterocycles. The van der Waals surface area contributed by atoms with Crippen molar-refractivity contribution in [1.82, 2.24) is 10.3 Å². The molecule has 1 aromatic rings. The lowest BCUT2D eigenvalue weighted by Crippen LogP contribution is -2.18. The van der Waals surface area contributed by atoms with Crippen molar-refractivity contribution < 1.29 is 0 Å². The summed E-state index contributed by atoms with van der Waals surface area (Å²) in [5, 5.41) is 7.06. The van der Waals surface area contributed by atoms with Gasteiger partial charge in [-0.05, 0) is 50.5 Å². The molecule has 0 bridgehead atoms. The van der Waals surface area contributed by atoms with Gasteiger partial charge >= 0.3 is 0 Å². The Bertz CT molecular complexity index is 365. The zero-order valence-electron chi connectivity index (χ0n) is 12.6. The lowest BCUT2D eigenvalue weighted by atomic mass is 9.77. The minimum atomic E-state index is 0.736. The second-order valence-corrected chi connectivity index (χ2v) is 7.10. The van der Waals surface area contributed by atoms with Crippen molar-refractivity contribution in [1.29, 1.82) is 0 Å². The molecule has 1 N–H and O–H groups in total. The van der Waals surface area contributed by atoms with E-state index in [9.17, 15) is 0 Å². The summed E-state index contributed by atoms with van der Waals surface area (Å²) in [6, 6.07) is 0. The molecule has 0 amide bonds. The van der Waals surface area contributed by atoms with Gasteiger partial charge in [0.25, 0.3) is 0 Å². The van der Waals surface area contributed by atoms with Crippen LogP contribution in [0.25, 0.3) is 0 Å². The van der Waals surface area contributed by atoms with E-state index in [-0.39, 0.29) is 0 Å². The molecule has 1 aliphatic rings. The molecule has 2 rings (SSSR count). The average molecular weight is 280 g/mol. The van der Waals surface area contributed by atoms with Crippen LogP contribution in [0.15, 0.2) is 5.38 Å². The number of thiazole rings is 1. The van der Waals surface area contributed by atoms with Crippen molar-refractivity contribution in [2.75, 3.05) is 6.54 Å². The van der Waals surface area contributed by atoms with Gasteiger partial charge in [0.15, 0.2) is 0 Å². The van der Waals surface area contributed by atoms with E-state index in [4.69, 9.17) is 4.98 Å².